The summed E-state index contributed by atoms with van der Waals surface area (Å²) in [5, 5.41) is 3.19. The van der Waals surface area contributed by atoms with Crippen LogP contribution in [-0.4, -0.2) is 13.6 Å². The topological polar surface area (TPSA) is 12.0 Å². The van der Waals surface area contributed by atoms with Crippen LogP contribution in [0.15, 0.2) is 12.1 Å². The van der Waals surface area contributed by atoms with Crippen LogP contribution in [0.2, 0.25) is 4.34 Å². The summed E-state index contributed by atoms with van der Waals surface area (Å²) in [4.78, 5) is 1.39. The average molecular weight is 204 g/mol. The zero-order valence-electron chi connectivity index (χ0n) is 7.43. The van der Waals surface area contributed by atoms with Crippen LogP contribution in [0.3, 0.4) is 0 Å². The Balaban J connectivity index is 2.66. The van der Waals surface area contributed by atoms with Crippen molar-refractivity contribution in [1.29, 1.82) is 0 Å². The molecule has 0 aliphatic heterocycles. The summed E-state index contributed by atoms with van der Waals surface area (Å²) in [6.07, 6.45) is 1.16. The van der Waals surface area contributed by atoms with Gasteiger partial charge in [0.1, 0.15) is 0 Å². The van der Waals surface area contributed by atoms with E-state index in [0.717, 1.165) is 17.3 Å². The maximum atomic E-state index is 5.86. The van der Waals surface area contributed by atoms with Crippen molar-refractivity contribution in [2.75, 3.05) is 13.6 Å². The lowest BCUT2D eigenvalue weighted by molar-refractivity contribution is 0.620. The van der Waals surface area contributed by atoms with Gasteiger partial charge in [-0.15, -0.1) is 11.3 Å². The van der Waals surface area contributed by atoms with E-state index in [4.69, 9.17) is 11.6 Å². The van der Waals surface area contributed by atoms with Crippen molar-refractivity contribution in [3.63, 3.8) is 0 Å². The summed E-state index contributed by atoms with van der Waals surface area (Å²) in [5.74, 6) is 0.618. The molecule has 1 aromatic rings. The van der Waals surface area contributed by atoms with Gasteiger partial charge in [0, 0.05) is 17.3 Å². The number of halogens is 1. The van der Waals surface area contributed by atoms with Gasteiger partial charge in [-0.1, -0.05) is 18.5 Å². The van der Waals surface area contributed by atoms with Gasteiger partial charge in [-0.3, -0.25) is 0 Å². The molecule has 1 N–H and O–H groups in total. The summed E-state index contributed by atoms with van der Waals surface area (Å²) in [5.41, 5.74) is 0. The summed E-state index contributed by atoms with van der Waals surface area (Å²) in [7, 11) is 1.98. The molecular weight excluding hydrogens is 190 g/mol. The van der Waals surface area contributed by atoms with Crippen LogP contribution in [0.4, 0.5) is 0 Å². The molecule has 1 heterocycles. The first-order chi connectivity index (χ1) is 5.77. The zero-order valence-corrected chi connectivity index (χ0v) is 9.00. The Kier molecular flexibility index (Phi) is 4.06. The van der Waals surface area contributed by atoms with Crippen molar-refractivity contribution in [3.8, 4) is 0 Å². The Hall–Kier alpha value is -0.0500. The van der Waals surface area contributed by atoms with Gasteiger partial charge >= 0.3 is 0 Å². The fourth-order valence-electron chi connectivity index (χ4n) is 1.24. The number of hydrogen-bond acceptors (Lipinski definition) is 2. The SMILES string of the molecule is CCC(CNC)c1ccc(Cl)s1. The highest BCUT2D eigenvalue weighted by Gasteiger charge is 2.09. The smallest absolute Gasteiger partial charge is 0.0931 e. The second kappa shape index (κ2) is 4.85. The number of rotatable bonds is 4. The van der Waals surface area contributed by atoms with E-state index in [1.165, 1.54) is 4.88 Å². The molecule has 1 unspecified atom stereocenters. The van der Waals surface area contributed by atoms with Crippen molar-refractivity contribution < 1.29 is 0 Å². The lowest BCUT2D eigenvalue weighted by Gasteiger charge is -2.11. The molecule has 1 atom stereocenters. The predicted octanol–water partition coefficient (Wildman–Crippen LogP) is 3.11. The van der Waals surface area contributed by atoms with Gasteiger partial charge in [0.2, 0.25) is 0 Å². The first kappa shape index (κ1) is 10.0. The normalized spacial score (nSPS) is 13.2. The minimum absolute atomic E-state index is 0.618. The fraction of sp³-hybridized carbons (Fsp3) is 0.556. The lowest BCUT2D eigenvalue weighted by atomic mass is 10.1. The molecule has 0 bridgehead atoms. The van der Waals surface area contributed by atoms with Crippen LogP contribution in [0.5, 0.6) is 0 Å². The Labute approximate surface area is 82.7 Å². The van der Waals surface area contributed by atoms with E-state index < -0.39 is 0 Å². The lowest BCUT2D eigenvalue weighted by Crippen LogP contribution is -2.15. The molecule has 1 rings (SSSR count). The molecule has 0 spiro atoms. The molecule has 0 aromatic carbocycles. The number of hydrogen-bond donors (Lipinski definition) is 1. The van der Waals surface area contributed by atoms with Crippen LogP contribution in [-0.2, 0) is 0 Å². The number of thiophene rings is 1. The molecule has 0 saturated carbocycles. The van der Waals surface area contributed by atoms with E-state index in [9.17, 15) is 0 Å². The summed E-state index contributed by atoms with van der Waals surface area (Å²) in [6, 6.07) is 4.10. The molecule has 0 radical (unpaired) electrons. The van der Waals surface area contributed by atoms with Crippen molar-refractivity contribution in [2.24, 2.45) is 0 Å². The monoisotopic (exact) mass is 203 g/mol. The fourth-order valence-corrected chi connectivity index (χ4v) is 2.48. The van der Waals surface area contributed by atoms with Gasteiger partial charge in [-0.2, -0.15) is 0 Å². The molecule has 68 valence electrons. The third kappa shape index (κ3) is 2.47. The van der Waals surface area contributed by atoms with Crippen LogP contribution >= 0.6 is 22.9 Å². The highest BCUT2D eigenvalue weighted by atomic mass is 35.5. The molecule has 1 nitrogen and oxygen atoms in total. The van der Waals surface area contributed by atoms with E-state index in [1.54, 1.807) is 11.3 Å². The molecule has 12 heavy (non-hydrogen) atoms. The largest absolute Gasteiger partial charge is 0.319 e. The van der Waals surface area contributed by atoms with E-state index in [2.05, 4.69) is 18.3 Å². The minimum Gasteiger partial charge on any atom is -0.319 e. The Morgan fingerprint density at radius 3 is 2.75 bits per heavy atom. The van der Waals surface area contributed by atoms with Crippen molar-refractivity contribution in [2.45, 2.75) is 19.3 Å². The maximum absolute atomic E-state index is 5.86. The van der Waals surface area contributed by atoms with Crippen LogP contribution in [0.25, 0.3) is 0 Å². The highest BCUT2D eigenvalue weighted by Crippen LogP contribution is 2.29. The zero-order chi connectivity index (χ0) is 8.97. The number of nitrogens with one attached hydrogen (secondary N) is 1. The average Bonchev–Trinajstić information content (AvgIpc) is 2.47. The molecule has 0 saturated heterocycles. The maximum Gasteiger partial charge on any atom is 0.0931 e. The summed E-state index contributed by atoms with van der Waals surface area (Å²) < 4.78 is 0.888. The second-order valence-electron chi connectivity index (χ2n) is 2.80. The molecule has 0 aliphatic rings. The molecular formula is C9H14ClNS. The van der Waals surface area contributed by atoms with Gasteiger partial charge in [0.25, 0.3) is 0 Å². The minimum atomic E-state index is 0.618. The second-order valence-corrected chi connectivity index (χ2v) is 4.55. The van der Waals surface area contributed by atoms with Crippen LogP contribution < -0.4 is 5.32 Å². The van der Waals surface area contributed by atoms with E-state index >= 15 is 0 Å². The van der Waals surface area contributed by atoms with Gasteiger partial charge in [-0.05, 0) is 25.6 Å². The Bertz CT molecular complexity index is 234. The molecule has 0 fully saturated rings. The quantitative estimate of drug-likeness (QED) is 0.793. The molecule has 0 amide bonds. The van der Waals surface area contributed by atoms with Gasteiger partial charge in [-0.25, -0.2) is 0 Å². The standard InChI is InChI=1S/C9H14ClNS/c1-3-7(6-11-2)8-4-5-9(10)12-8/h4-5,7,11H,3,6H2,1-2H3. The van der Waals surface area contributed by atoms with Gasteiger partial charge in [0.15, 0.2) is 0 Å². The van der Waals surface area contributed by atoms with Gasteiger partial charge < -0.3 is 5.32 Å². The molecule has 1 aromatic heterocycles. The van der Waals surface area contributed by atoms with E-state index in [0.29, 0.717) is 5.92 Å². The van der Waals surface area contributed by atoms with Crippen molar-refractivity contribution in [3.05, 3.63) is 21.3 Å². The van der Waals surface area contributed by atoms with Gasteiger partial charge in [0.05, 0.1) is 4.34 Å². The van der Waals surface area contributed by atoms with Crippen molar-refractivity contribution >= 4 is 22.9 Å². The Morgan fingerprint density at radius 2 is 2.33 bits per heavy atom. The predicted molar refractivity (Wildman–Crippen MR) is 56.3 cm³/mol. The van der Waals surface area contributed by atoms with Crippen molar-refractivity contribution in [1.82, 2.24) is 5.32 Å². The number of likely N-dealkylation sites (N-methyl/N-ethyl adjacent to an activating group) is 1. The van der Waals surface area contributed by atoms with E-state index in [1.807, 2.05) is 13.1 Å². The first-order valence-electron chi connectivity index (χ1n) is 4.17. The first-order valence-corrected chi connectivity index (χ1v) is 5.37. The van der Waals surface area contributed by atoms with E-state index in [-0.39, 0.29) is 0 Å². The van der Waals surface area contributed by atoms with Crippen LogP contribution in [0.1, 0.15) is 24.1 Å². The molecule has 3 heteroatoms. The summed E-state index contributed by atoms with van der Waals surface area (Å²) >= 11 is 7.55. The third-order valence-electron chi connectivity index (χ3n) is 1.94. The highest BCUT2D eigenvalue weighted by molar-refractivity contribution is 7.16. The third-order valence-corrected chi connectivity index (χ3v) is 3.33. The molecule has 0 aliphatic carbocycles. The van der Waals surface area contributed by atoms with Crippen LogP contribution in [0, 0.1) is 0 Å². The summed E-state index contributed by atoms with van der Waals surface area (Å²) in [6.45, 7) is 3.24. The Morgan fingerprint density at radius 1 is 1.58 bits per heavy atom.